The summed E-state index contributed by atoms with van der Waals surface area (Å²) in [4.78, 5) is 30.1. The Balaban J connectivity index is 1.50. The molecule has 142 valence electrons. The van der Waals surface area contributed by atoms with E-state index in [1.54, 1.807) is 16.7 Å². The van der Waals surface area contributed by atoms with E-state index in [-0.39, 0.29) is 23.6 Å². The Hall–Kier alpha value is -1.57. The number of para-hydroxylation sites is 1. The highest BCUT2D eigenvalue weighted by Crippen LogP contribution is 2.39. The van der Waals surface area contributed by atoms with Crippen LogP contribution in [0, 0.1) is 0 Å². The van der Waals surface area contributed by atoms with Gasteiger partial charge in [-0.15, -0.1) is 11.8 Å². The van der Waals surface area contributed by atoms with E-state index >= 15 is 0 Å². The summed E-state index contributed by atoms with van der Waals surface area (Å²) in [6, 6.07) is 7.81. The lowest BCUT2D eigenvalue weighted by Crippen LogP contribution is -2.46. The molecule has 1 fully saturated rings. The largest absolute Gasteiger partial charge is 0.379 e. The van der Waals surface area contributed by atoms with Crippen molar-refractivity contribution in [3.8, 4) is 0 Å². The van der Waals surface area contributed by atoms with Crippen LogP contribution in [0.25, 0.3) is 0 Å². The Morgan fingerprint density at radius 2 is 2.08 bits per heavy atom. The zero-order valence-electron chi connectivity index (χ0n) is 15.3. The van der Waals surface area contributed by atoms with Crippen LogP contribution in [-0.2, 0) is 14.3 Å². The minimum atomic E-state index is -0.112. The molecule has 0 aliphatic carbocycles. The maximum Gasteiger partial charge on any atom is 0.240 e. The number of nitrogens with one attached hydrogen (secondary N) is 1. The van der Waals surface area contributed by atoms with Crippen molar-refractivity contribution in [2.75, 3.05) is 50.8 Å². The first-order valence-corrected chi connectivity index (χ1v) is 10.2. The first-order chi connectivity index (χ1) is 12.7. The summed E-state index contributed by atoms with van der Waals surface area (Å²) in [5, 5.41) is 2.84. The zero-order valence-corrected chi connectivity index (χ0v) is 16.1. The number of hydrogen-bond acceptors (Lipinski definition) is 5. The molecule has 1 unspecified atom stereocenters. The molecule has 2 aliphatic rings. The molecular formula is C19H27N3O3S. The van der Waals surface area contributed by atoms with E-state index in [1.807, 2.05) is 31.2 Å². The fourth-order valence-electron chi connectivity index (χ4n) is 3.25. The van der Waals surface area contributed by atoms with Crippen molar-refractivity contribution in [3.05, 3.63) is 24.3 Å². The highest BCUT2D eigenvalue weighted by Gasteiger charge is 2.33. The third-order valence-electron chi connectivity index (χ3n) is 4.72. The Kier molecular flexibility index (Phi) is 6.93. The lowest BCUT2D eigenvalue weighted by atomic mass is 10.2. The molecule has 2 heterocycles. The van der Waals surface area contributed by atoms with Gasteiger partial charge in [-0.25, -0.2) is 0 Å². The van der Waals surface area contributed by atoms with E-state index in [2.05, 4.69) is 10.2 Å². The number of amides is 2. The van der Waals surface area contributed by atoms with Gasteiger partial charge < -0.3 is 15.0 Å². The molecular weight excluding hydrogens is 350 g/mol. The van der Waals surface area contributed by atoms with Gasteiger partial charge in [0.15, 0.2) is 0 Å². The van der Waals surface area contributed by atoms with Crippen LogP contribution in [-0.4, -0.2) is 67.9 Å². The molecule has 1 aromatic carbocycles. The molecule has 1 saturated heterocycles. The van der Waals surface area contributed by atoms with Crippen molar-refractivity contribution in [1.82, 2.24) is 10.2 Å². The number of carbonyl (C=O) groups is 2. The van der Waals surface area contributed by atoms with Crippen LogP contribution in [0.15, 0.2) is 29.2 Å². The molecule has 0 aromatic heterocycles. The van der Waals surface area contributed by atoms with Gasteiger partial charge in [0.1, 0.15) is 6.54 Å². The second kappa shape index (κ2) is 9.39. The average Bonchev–Trinajstić information content (AvgIpc) is 2.68. The fraction of sp³-hybridized carbons (Fsp3) is 0.579. The number of thioether (sulfide) groups is 1. The highest BCUT2D eigenvalue weighted by molar-refractivity contribution is 8.01. The topological polar surface area (TPSA) is 61.9 Å². The Labute approximate surface area is 159 Å². The van der Waals surface area contributed by atoms with Crippen LogP contribution in [0.3, 0.4) is 0 Å². The summed E-state index contributed by atoms with van der Waals surface area (Å²) >= 11 is 1.59. The molecule has 1 N–H and O–H groups in total. The Morgan fingerprint density at radius 3 is 2.85 bits per heavy atom. The minimum Gasteiger partial charge on any atom is -0.379 e. The van der Waals surface area contributed by atoms with Crippen molar-refractivity contribution in [1.29, 1.82) is 0 Å². The number of morpholine rings is 1. The van der Waals surface area contributed by atoms with Crippen molar-refractivity contribution in [2.24, 2.45) is 0 Å². The predicted octanol–water partition coefficient (Wildman–Crippen LogP) is 1.74. The lowest BCUT2D eigenvalue weighted by Gasteiger charge is -2.33. The Bertz CT molecular complexity index is 634. The van der Waals surface area contributed by atoms with E-state index in [0.29, 0.717) is 6.54 Å². The smallest absolute Gasteiger partial charge is 0.240 e. The SMILES string of the molecule is CCC1Sc2ccccc2N(CC(=O)NCCCN2CCOCC2)C1=O. The van der Waals surface area contributed by atoms with E-state index in [9.17, 15) is 9.59 Å². The molecule has 2 amide bonds. The highest BCUT2D eigenvalue weighted by atomic mass is 32.2. The van der Waals surface area contributed by atoms with E-state index in [0.717, 1.165) is 56.3 Å². The monoisotopic (exact) mass is 377 g/mol. The normalized spacial score (nSPS) is 20.7. The number of benzene rings is 1. The average molecular weight is 378 g/mol. The molecule has 1 atom stereocenters. The molecule has 0 bridgehead atoms. The maximum atomic E-state index is 12.7. The number of rotatable bonds is 7. The zero-order chi connectivity index (χ0) is 18.4. The number of nitrogens with zero attached hydrogens (tertiary/aromatic N) is 2. The van der Waals surface area contributed by atoms with Crippen LogP contribution in [0.5, 0.6) is 0 Å². The molecule has 0 spiro atoms. The molecule has 0 radical (unpaired) electrons. The van der Waals surface area contributed by atoms with E-state index in [1.165, 1.54) is 0 Å². The van der Waals surface area contributed by atoms with Gasteiger partial charge in [-0.3, -0.25) is 14.5 Å². The van der Waals surface area contributed by atoms with Gasteiger partial charge in [0.25, 0.3) is 0 Å². The van der Waals surface area contributed by atoms with Gasteiger partial charge in [0.05, 0.1) is 24.2 Å². The van der Waals surface area contributed by atoms with Crippen molar-refractivity contribution in [2.45, 2.75) is 29.9 Å². The molecule has 3 rings (SSSR count). The maximum absolute atomic E-state index is 12.7. The van der Waals surface area contributed by atoms with Crippen LogP contribution in [0.1, 0.15) is 19.8 Å². The molecule has 7 heteroatoms. The van der Waals surface area contributed by atoms with E-state index in [4.69, 9.17) is 4.74 Å². The third-order valence-corrected chi connectivity index (χ3v) is 6.13. The van der Waals surface area contributed by atoms with Crippen LogP contribution in [0.4, 0.5) is 5.69 Å². The van der Waals surface area contributed by atoms with Crippen LogP contribution < -0.4 is 10.2 Å². The lowest BCUT2D eigenvalue weighted by molar-refractivity contribution is -0.123. The van der Waals surface area contributed by atoms with Crippen molar-refractivity contribution < 1.29 is 14.3 Å². The molecule has 6 nitrogen and oxygen atoms in total. The summed E-state index contributed by atoms with van der Waals surface area (Å²) in [6.07, 6.45) is 1.67. The van der Waals surface area contributed by atoms with E-state index < -0.39 is 0 Å². The first kappa shape index (κ1) is 19.2. The first-order valence-electron chi connectivity index (χ1n) is 9.33. The number of hydrogen-bond donors (Lipinski definition) is 1. The van der Waals surface area contributed by atoms with Gasteiger partial charge in [-0.1, -0.05) is 19.1 Å². The number of anilines is 1. The summed E-state index contributed by atoms with van der Waals surface area (Å²) < 4.78 is 5.33. The standard InChI is InChI=1S/C19H27N3O3S/c1-2-16-19(24)22(15-6-3-4-7-17(15)26-16)14-18(23)20-8-5-9-21-10-12-25-13-11-21/h3-4,6-7,16H,2,5,8-14H2,1H3,(H,20,23). The van der Waals surface area contributed by atoms with Gasteiger partial charge in [0.2, 0.25) is 11.8 Å². The molecule has 0 saturated carbocycles. The molecule has 1 aromatic rings. The van der Waals surface area contributed by atoms with Crippen LogP contribution in [0.2, 0.25) is 0 Å². The number of carbonyl (C=O) groups excluding carboxylic acids is 2. The number of fused-ring (bicyclic) bond motifs is 1. The molecule has 26 heavy (non-hydrogen) atoms. The van der Waals surface area contributed by atoms with Gasteiger partial charge in [0, 0.05) is 24.5 Å². The second-order valence-corrected chi connectivity index (χ2v) is 7.81. The van der Waals surface area contributed by atoms with Crippen molar-refractivity contribution >= 4 is 29.3 Å². The van der Waals surface area contributed by atoms with Crippen molar-refractivity contribution in [3.63, 3.8) is 0 Å². The summed E-state index contributed by atoms with van der Waals surface area (Å²) in [6.45, 7) is 7.19. The quantitative estimate of drug-likeness (QED) is 0.734. The summed E-state index contributed by atoms with van der Waals surface area (Å²) in [5.74, 6) is -0.0726. The minimum absolute atomic E-state index is 0.0275. The fourth-order valence-corrected chi connectivity index (χ4v) is 4.41. The van der Waals surface area contributed by atoms with Gasteiger partial charge in [-0.2, -0.15) is 0 Å². The summed E-state index contributed by atoms with van der Waals surface area (Å²) in [5.41, 5.74) is 0.843. The number of ether oxygens (including phenoxy) is 1. The predicted molar refractivity (Wildman–Crippen MR) is 104 cm³/mol. The van der Waals surface area contributed by atoms with Crippen LogP contribution >= 0.6 is 11.8 Å². The Morgan fingerprint density at radius 1 is 1.31 bits per heavy atom. The third kappa shape index (κ3) is 4.78. The van der Waals surface area contributed by atoms with Gasteiger partial charge in [-0.05, 0) is 31.5 Å². The second-order valence-electron chi connectivity index (χ2n) is 6.56. The van der Waals surface area contributed by atoms with Gasteiger partial charge >= 0.3 is 0 Å². The summed E-state index contributed by atoms with van der Waals surface area (Å²) in [7, 11) is 0. The molecule has 2 aliphatic heterocycles.